The SMILES string of the molecule is CC(C)C1C=C(n2c(-c3ccccc3-c3nc(-c4ccccc4)nc(-c4ccccc4)n3)nc3ccccc32)C=CC1. The van der Waals surface area contributed by atoms with Crippen LogP contribution in [0.3, 0.4) is 0 Å². The number of para-hydroxylation sites is 2. The molecule has 0 saturated heterocycles. The molecule has 1 aliphatic rings. The molecular formula is C37H31N5. The monoisotopic (exact) mass is 545 g/mol. The molecule has 2 heterocycles. The summed E-state index contributed by atoms with van der Waals surface area (Å²) in [5.41, 5.74) is 6.94. The lowest BCUT2D eigenvalue weighted by Gasteiger charge is -2.22. The molecule has 0 fully saturated rings. The highest BCUT2D eigenvalue weighted by Gasteiger charge is 2.22. The minimum atomic E-state index is 0.472. The van der Waals surface area contributed by atoms with Gasteiger partial charge in [-0.3, -0.25) is 4.57 Å². The summed E-state index contributed by atoms with van der Waals surface area (Å²) in [5, 5.41) is 0. The number of hydrogen-bond acceptors (Lipinski definition) is 4. The van der Waals surface area contributed by atoms with Crippen molar-refractivity contribution < 1.29 is 0 Å². The van der Waals surface area contributed by atoms with Crippen LogP contribution in [0.25, 0.3) is 62.3 Å². The minimum absolute atomic E-state index is 0.472. The smallest absolute Gasteiger partial charge is 0.164 e. The molecule has 0 radical (unpaired) electrons. The van der Waals surface area contributed by atoms with E-state index in [0.717, 1.165) is 51.2 Å². The molecule has 6 aromatic rings. The van der Waals surface area contributed by atoms with E-state index in [1.807, 2.05) is 72.8 Å². The summed E-state index contributed by atoms with van der Waals surface area (Å²) in [6.07, 6.45) is 7.96. The fourth-order valence-corrected chi connectivity index (χ4v) is 5.57. The van der Waals surface area contributed by atoms with E-state index in [2.05, 4.69) is 73.0 Å². The first-order valence-electron chi connectivity index (χ1n) is 14.5. The van der Waals surface area contributed by atoms with Crippen LogP contribution < -0.4 is 0 Å². The summed E-state index contributed by atoms with van der Waals surface area (Å²) in [7, 11) is 0. The van der Waals surface area contributed by atoms with Crippen molar-refractivity contribution in [2.75, 3.05) is 0 Å². The second kappa shape index (κ2) is 11.0. The molecule has 1 unspecified atom stereocenters. The standard InChI is InChI=1S/C37H31N5/c1-25(2)28-18-13-19-29(24-28)42-33-23-12-11-22-32(33)38-37(42)31-21-10-9-20-30(31)36-40-34(26-14-5-3-6-15-26)39-35(41-36)27-16-7-4-8-17-27/h3-17,19-25,28H,18H2,1-2H3. The molecular weight excluding hydrogens is 514 g/mol. The lowest BCUT2D eigenvalue weighted by Crippen LogP contribution is -2.10. The molecule has 0 bridgehead atoms. The summed E-state index contributed by atoms with van der Waals surface area (Å²) >= 11 is 0. The number of allylic oxidation sites excluding steroid dienone is 4. The van der Waals surface area contributed by atoms with Gasteiger partial charge in [-0.05, 0) is 36.5 Å². The molecule has 0 spiro atoms. The van der Waals surface area contributed by atoms with Crippen LogP contribution in [0.5, 0.6) is 0 Å². The maximum absolute atomic E-state index is 5.19. The summed E-state index contributed by atoms with van der Waals surface area (Å²) in [5.74, 6) is 3.79. The van der Waals surface area contributed by atoms with Gasteiger partial charge in [-0.15, -0.1) is 0 Å². The Labute approximate surface area is 246 Å². The Kier molecular flexibility index (Phi) is 6.76. The van der Waals surface area contributed by atoms with Gasteiger partial charge in [0.05, 0.1) is 11.0 Å². The molecule has 0 aliphatic heterocycles. The van der Waals surface area contributed by atoms with Crippen molar-refractivity contribution in [3.63, 3.8) is 0 Å². The zero-order valence-corrected chi connectivity index (χ0v) is 23.7. The second-order valence-corrected chi connectivity index (χ2v) is 11.0. The van der Waals surface area contributed by atoms with Gasteiger partial charge in [0.15, 0.2) is 17.5 Å². The first kappa shape index (κ1) is 25.8. The molecule has 42 heavy (non-hydrogen) atoms. The summed E-state index contributed by atoms with van der Waals surface area (Å²) in [6.45, 7) is 4.57. The topological polar surface area (TPSA) is 56.5 Å². The first-order chi connectivity index (χ1) is 20.7. The highest BCUT2D eigenvalue weighted by atomic mass is 15.1. The molecule has 4 aromatic carbocycles. The Morgan fingerprint density at radius 3 is 1.86 bits per heavy atom. The maximum Gasteiger partial charge on any atom is 0.164 e. The van der Waals surface area contributed by atoms with Crippen LogP contribution in [0.4, 0.5) is 0 Å². The predicted molar refractivity (Wildman–Crippen MR) is 171 cm³/mol. The van der Waals surface area contributed by atoms with E-state index in [4.69, 9.17) is 19.9 Å². The van der Waals surface area contributed by atoms with Crippen LogP contribution in [0.2, 0.25) is 0 Å². The number of fused-ring (bicyclic) bond motifs is 1. The highest BCUT2D eigenvalue weighted by Crippen LogP contribution is 2.37. The Balaban J connectivity index is 1.46. The Hall–Kier alpha value is -5.16. The lowest BCUT2D eigenvalue weighted by atomic mass is 9.88. The van der Waals surface area contributed by atoms with Crippen molar-refractivity contribution in [3.8, 4) is 45.6 Å². The van der Waals surface area contributed by atoms with E-state index in [0.29, 0.717) is 29.3 Å². The normalized spacial score (nSPS) is 14.8. The molecule has 204 valence electrons. The Morgan fingerprint density at radius 1 is 0.619 bits per heavy atom. The van der Waals surface area contributed by atoms with Crippen LogP contribution >= 0.6 is 0 Å². The third kappa shape index (κ3) is 4.83. The third-order valence-corrected chi connectivity index (χ3v) is 7.87. The second-order valence-electron chi connectivity index (χ2n) is 11.0. The quantitative estimate of drug-likeness (QED) is 0.210. The van der Waals surface area contributed by atoms with Crippen molar-refractivity contribution in [2.24, 2.45) is 11.8 Å². The van der Waals surface area contributed by atoms with Gasteiger partial charge in [0.2, 0.25) is 0 Å². The zero-order valence-electron chi connectivity index (χ0n) is 23.7. The van der Waals surface area contributed by atoms with Crippen LogP contribution in [0.1, 0.15) is 20.3 Å². The van der Waals surface area contributed by atoms with Gasteiger partial charge in [-0.2, -0.15) is 0 Å². The van der Waals surface area contributed by atoms with Crippen molar-refractivity contribution in [1.82, 2.24) is 24.5 Å². The lowest BCUT2D eigenvalue weighted by molar-refractivity contribution is 0.468. The molecule has 2 aromatic heterocycles. The summed E-state index contributed by atoms with van der Waals surface area (Å²) < 4.78 is 2.29. The van der Waals surface area contributed by atoms with E-state index in [-0.39, 0.29) is 0 Å². The molecule has 5 nitrogen and oxygen atoms in total. The van der Waals surface area contributed by atoms with Crippen LogP contribution in [-0.4, -0.2) is 24.5 Å². The Bertz CT molecular complexity index is 1880. The van der Waals surface area contributed by atoms with E-state index < -0.39 is 0 Å². The molecule has 0 saturated carbocycles. The van der Waals surface area contributed by atoms with Gasteiger partial charge < -0.3 is 0 Å². The van der Waals surface area contributed by atoms with Gasteiger partial charge in [-0.1, -0.05) is 123 Å². The summed E-state index contributed by atoms with van der Waals surface area (Å²) in [4.78, 5) is 20.1. The predicted octanol–water partition coefficient (Wildman–Crippen LogP) is 8.96. The van der Waals surface area contributed by atoms with E-state index in [1.165, 1.54) is 0 Å². The fourth-order valence-electron chi connectivity index (χ4n) is 5.57. The van der Waals surface area contributed by atoms with Crippen molar-refractivity contribution >= 4 is 16.7 Å². The van der Waals surface area contributed by atoms with Gasteiger partial charge in [0.1, 0.15) is 5.82 Å². The summed E-state index contributed by atoms with van der Waals surface area (Å²) in [6, 6.07) is 36.8. The van der Waals surface area contributed by atoms with Crippen LogP contribution in [0.15, 0.2) is 127 Å². The first-order valence-corrected chi connectivity index (χ1v) is 14.5. The fraction of sp³-hybridized carbons (Fsp3) is 0.135. The van der Waals surface area contributed by atoms with Gasteiger partial charge in [0, 0.05) is 28.0 Å². The van der Waals surface area contributed by atoms with Crippen molar-refractivity contribution in [2.45, 2.75) is 20.3 Å². The number of imidazole rings is 1. The number of rotatable bonds is 6. The number of nitrogens with zero attached hydrogens (tertiary/aromatic N) is 5. The third-order valence-electron chi connectivity index (χ3n) is 7.87. The molecule has 1 aliphatic carbocycles. The zero-order chi connectivity index (χ0) is 28.5. The van der Waals surface area contributed by atoms with Crippen molar-refractivity contribution in [1.29, 1.82) is 0 Å². The van der Waals surface area contributed by atoms with Gasteiger partial charge >= 0.3 is 0 Å². The van der Waals surface area contributed by atoms with Gasteiger partial charge in [0.25, 0.3) is 0 Å². The van der Waals surface area contributed by atoms with Crippen molar-refractivity contribution in [3.05, 3.63) is 127 Å². The Morgan fingerprint density at radius 2 is 1.19 bits per heavy atom. The number of hydrogen-bond donors (Lipinski definition) is 0. The van der Waals surface area contributed by atoms with E-state index >= 15 is 0 Å². The highest BCUT2D eigenvalue weighted by molar-refractivity contribution is 5.90. The maximum atomic E-state index is 5.19. The number of benzene rings is 4. The van der Waals surface area contributed by atoms with E-state index in [9.17, 15) is 0 Å². The van der Waals surface area contributed by atoms with Crippen LogP contribution in [0, 0.1) is 11.8 Å². The van der Waals surface area contributed by atoms with E-state index in [1.54, 1.807) is 0 Å². The largest absolute Gasteiger partial charge is 0.293 e. The average Bonchev–Trinajstić information content (AvgIpc) is 3.45. The molecule has 5 heteroatoms. The average molecular weight is 546 g/mol. The molecule has 7 rings (SSSR count). The van der Waals surface area contributed by atoms with Crippen LogP contribution in [-0.2, 0) is 0 Å². The minimum Gasteiger partial charge on any atom is -0.293 e. The molecule has 0 amide bonds. The molecule has 1 atom stereocenters. The molecule has 0 N–H and O–H groups in total. The van der Waals surface area contributed by atoms with Gasteiger partial charge in [-0.25, -0.2) is 19.9 Å². The number of aromatic nitrogens is 5.